The molecule has 0 aromatic carbocycles. The minimum atomic E-state index is -1.00. The lowest BCUT2D eigenvalue weighted by Crippen LogP contribution is -1.95. The second-order valence-corrected chi connectivity index (χ2v) is 4.17. The molecular formula is C14H15N3O3. The van der Waals surface area contributed by atoms with Crippen LogP contribution in [0.2, 0.25) is 0 Å². The Balaban J connectivity index is 2.08. The minimum Gasteiger partial charge on any atom is -0.478 e. The summed E-state index contributed by atoms with van der Waals surface area (Å²) in [6.45, 7) is 2.91. The summed E-state index contributed by atoms with van der Waals surface area (Å²) in [6, 6.07) is 1.71. The van der Waals surface area contributed by atoms with Gasteiger partial charge in [0.2, 0.25) is 0 Å². The number of pyridine rings is 1. The van der Waals surface area contributed by atoms with Crippen molar-refractivity contribution in [3.63, 3.8) is 0 Å². The molecule has 0 saturated heterocycles. The number of carboxylic acids is 1. The molecular weight excluding hydrogens is 258 g/mol. The molecule has 0 unspecified atom stereocenters. The summed E-state index contributed by atoms with van der Waals surface area (Å²) in [7, 11) is 0. The second-order valence-electron chi connectivity index (χ2n) is 4.17. The average Bonchev–Trinajstić information content (AvgIpc) is 2.85. The van der Waals surface area contributed by atoms with E-state index in [2.05, 4.69) is 17.0 Å². The van der Waals surface area contributed by atoms with Gasteiger partial charge in [0, 0.05) is 18.8 Å². The zero-order chi connectivity index (χ0) is 14.4. The van der Waals surface area contributed by atoms with E-state index < -0.39 is 5.97 Å². The summed E-state index contributed by atoms with van der Waals surface area (Å²) in [4.78, 5) is 14.5. The van der Waals surface area contributed by atoms with Crippen LogP contribution in [0.5, 0.6) is 11.5 Å². The molecule has 2 aromatic heterocycles. The van der Waals surface area contributed by atoms with Gasteiger partial charge in [-0.15, -0.1) is 0 Å². The van der Waals surface area contributed by atoms with Crippen LogP contribution in [0.1, 0.15) is 18.9 Å². The highest BCUT2D eigenvalue weighted by Gasteiger charge is 2.02. The van der Waals surface area contributed by atoms with Gasteiger partial charge in [-0.3, -0.25) is 9.67 Å². The zero-order valence-corrected chi connectivity index (χ0v) is 11.1. The molecule has 0 aliphatic carbocycles. The van der Waals surface area contributed by atoms with Crippen molar-refractivity contribution in [1.29, 1.82) is 0 Å². The van der Waals surface area contributed by atoms with Crippen molar-refractivity contribution in [1.82, 2.24) is 14.8 Å². The molecule has 0 atom stereocenters. The normalized spacial score (nSPS) is 10.8. The van der Waals surface area contributed by atoms with Crippen LogP contribution in [0.3, 0.4) is 0 Å². The largest absolute Gasteiger partial charge is 0.478 e. The molecule has 2 rings (SSSR count). The fourth-order valence-corrected chi connectivity index (χ4v) is 1.63. The number of ether oxygens (including phenoxy) is 1. The molecule has 0 aliphatic rings. The quantitative estimate of drug-likeness (QED) is 0.818. The molecule has 2 aromatic rings. The molecule has 0 radical (unpaired) electrons. The summed E-state index contributed by atoms with van der Waals surface area (Å²) in [5, 5.41) is 12.7. The first kappa shape index (κ1) is 13.8. The number of hydrogen-bond donors (Lipinski definition) is 1. The summed E-state index contributed by atoms with van der Waals surface area (Å²) in [6.07, 6.45) is 10.1. The van der Waals surface area contributed by atoms with Gasteiger partial charge in [-0.05, 0) is 24.1 Å². The molecule has 104 valence electrons. The number of carboxylic acid groups (broad SMARTS) is 1. The number of aliphatic carboxylic acids is 1. The molecule has 0 amide bonds. The van der Waals surface area contributed by atoms with E-state index in [1.807, 2.05) is 6.20 Å². The first-order chi connectivity index (χ1) is 9.67. The first-order valence-electron chi connectivity index (χ1n) is 6.23. The van der Waals surface area contributed by atoms with Crippen LogP contribution in [-0.2, 0) is 11.3 Å². The van der Waals surface area contributed by atoms with Crippen molar-refractivity contribution in [2.45, 2.75) is 19.9 Å². The van der Waals surface area contributed by atoms with E-state index in [-0.39, 0.29) is 0 Å². The van der Waals surface area contributed by atoms with Crippen LogP contribution < -0.4 is 4.74 Å². The van der Waals surface area contributed by atoms with Crippen LogP contribution in [0.15, 0.2) is 36.9 Å². The average molecular weight is 273 g/mol. The summed E-state index contributed by atoms with van der Waals surface area (Å²) < 4.78 is 7.43. The number of aromatic nitrogens is 3. The number of hydrogen-bond acceptors (Lipinski definition) is 4. The molecule has 6 nitrogen and oxygen atoms in total. The van der Waals surface area contributed by atoms with E-state index in [1.165, 1.54) is 6.08 Å². The topological polar surface area (TPSA) is 77.2 Å². The smallest absolute Gasteiger partial charge is 0.328 e. The van der Waals surface area contributed by atoms with E-state index in [9.17, 15) is 4.79 Å². The Bertz CT molecular complexity index is 620. The zero-order valence-electron chi connectivity index (χ0n) is 11.1. The Labute approximate surface area is 116 Å². The molecule has 0 aliphatic heterocycles. The predicted octanol–water partition coefficient (Wildman–Crippen LogP) is 2.58. The molecule has 20 heavy (non-hydrogen) atoms. The van der Waals surface area contributed by atoms with Gasteiger partial charge in [0.05, 0.1) is 18.6 Å². The van der Waals surface area contributed by atoms with Gasteiger partial charge < -0.3 is 9.84 Å². The van der Waals surface area contributed by atoms with E-state index in [4.69, 9.17) is 9.84 Å². The fourth-order valence-electron chi connectivity index (χ4n) is 1.63. The highest BCUT2D eigenvalue weighted by atomic mass is 16.5. The van der Waals surface area contributed by atoms with E-state index >= 15 is 0 Å². The SMILES string of the molecule is CCCn1cc(Oc2cncc(/C=C/C(=O)O)c2)cn1. The number of nitrogens with zero attached hydrogens (tertiary/aromatic N) is 3. The van der Waals surface area contributed by atoms with E-state index in [0.29, 0.717) is 17.1 Å². The Morgan fingerprint density at radius 2 is 2.25 bits per heavy atom. The number of aryl methyl sites for hydroxylation is 1. The maximum Gasteiger partial charge on any atom is 0.328 e. The van der Waals surface area contributed by atoms with Gasteiger partial charge in [-0.25, -0.2) is 4.79 Å². The molecule has 0 fully saturated rings. The van der Waals surface area contributed by atoms with Crippen molar-refractivity contribution in [2.75, 3.05) is 0 Å². The standard InChI is InChI=1S/C14H15N3O3/c1-2-5-17-10-13(9-16-17)20-12-6-11(7-15-8-12)3-4-14(18)19/h3-4,6-10H,2,5H2,1H3,(H,18,19)/b4-3+. The van der Waals surface area contributed by atoms with Crippen molar-refractivity contribution >= 4 is 12.0 Å². The van der Waals surface area contributed by atoms with Crippen LogP contribution in [0, 0.1) is 0 Å². The maximum absolute atomic E-state index is 10.5. The summed E-state index contributed by atoms with van der Waals surface area (Å²) in [5.41, 5.74) is 0.658. The Morgan fingerprint density at radius 3 is 3.00 bits per heavy atom. The lowest BCUT2D eigenvalue weighted by atomic mass is 10.2. The van der Waals surface area contributed by atoms with Crippen molar-refractivity contribution < 1.29 is 14.6 Å². The third-order valence-electron chi connectivity index (χ3n) is 2.45. The van der Waals surface area contributed by atoms with Gasteiger partial charge in [-0.1, -0.05) is 6.92 Å². The Kier molecular flexibility index (Phi) is 4.49. The lowest BCUT2D eigenvalue weighted by molar-refractivity contribution is -0.131. The number of carbonyl (C=O) groups is 1. The van der Waals surface area contributed by atoms with Gasteiger partial charge in [0.15, 0.2) is 5.75 Å². The van der Waals surface area contributed by atoms with Crippen molar-refractivity contribution in [3.8, 4) is 11.5 Å². The predicted molar refractivity (Wildman–Crippen MR) is 73.5 cm³/mol. The van der Waals surface area contributed by atoms with Crippen LogP contribution in [-0.4, -0.2) is 25.8 Å². The minimum absolute atomic E-state index is 0.536. The lowest BCUT2D eigenvalue weighted by Gasteiger charge is -2.02. The van der Waals surface area contributed by atoms with Crippen LogP contribution in [0.25, 0.3) is 6.08 Å². The summed E-state index contributed by atoms with van der Waals surface area (Å²) >= 11 is 0. The highest BCUT2D eigenvalue weighted by Crippen LogP contribution is 2.21. The van der Waals surface area contributed by atoms with Crippen molar-refractivity contribution in [2.24, 2.45) is 0 Å². The maximum atomic E-state index is 10.5. The Morgan fingerprint density at radius 1 is 1.40 bits per heavy atom. The number of rotatable bonds is 6. The Hall–Kier alpha value is -2.63. The summed E-state index contributed by atoms with van der Waals surface area (Å²) in [5.74, 6) is 0.158. The molecule has 1 N–H and O–H groups in total. The monoisotopic (exact) mass is 273 g/mol. The molecule has 6 heteroatoms. The van der Waals surface area contributed by atoms with Crippen LogP contribution >= 0.6 is 0 Å². The fraction of sp³-hybridized carbons (Fsp3) is 0.214. The van der Waals surface area contributed by atoms with Gasteiger partial charge in [0.25, 0.3) is 0 Å². The van der Waals surface area contributed by atoms with Gasteiger partial charge >= 0.3 is 5.97 Å². The third kappa shape index (κ3) is 3.94. The molecule has 0 saturated carbocycles. The van der Waals surface area contributed by atoms with Gasteiger partial charge in [-0.2, -0.15) is 5.10 Å². The molecule has 0 bridgehead atoms. The molecule has 2 heterocycles. The second kappa shape index (κ2) is 6.51. The van der Waals surface area contributed by atoms with E-state index in [1.54, 1.807) is 29.3 Å². The third-order valence-corrected chi connectivity index (χ3v) is 2.45. The van der Waals surface area contributed by atoms with Crippen LogP contribution in [0.4, 0.5) is 0 Å². The van der Waals surface area contributed by atoms with E-state index in [0.717, 1.165) is 19.0 Å². The first-order valence-corrected chi connectivity index (χ1v) is 6.23. The highest BCUT2D eigenvalue weighted by molar-refractivity contribution is 5.85. The molecule has 0 spiro atoms. The van der Waals surface area contributed by atoms with Crippen molar-refractivity contribution in [3.05, 3.63) is 42.5 Å². The van der Waals surface area contributed by atoms with Gasteiger partial charge in [0.1, 0.15) is 5.75 Å².